The Balaban J connectivity index is 1.50. The van der Waals surface area contributed by atoms with E-state index in [1.165, 1.54) is 18.0 Å². The van der Waals surface area contributed by atoms with Gasteiger partial charge in [-0.05, 0) is 37.3 Å². The number of halogens is 2. The van der Waals surface area contributed by atoms with Crippen molar-refractivity contribution >= 4 is 23.5 Å². The van der Waals surface area contributed by atoms with E-state index >= 15 is 0 Å². The van der Waals surface area contributed by atoms with Crippen molar-refractivity contribution in [3.8, 4) is 11.4 Å². The Morgan fingerprint density at radius 3 is 2.73 bits per heavy atom. The minimum atomic E-state index is -1.25. The summed E-state index contributed by atoms with van der Waals surface area (Å²) in [6.45, 7) is 3.28. The van der Waals surface area contributed by atoms with Crippen molar-refractivity contribution in [1.82, 2.24) is 20.1 Å². The summed E-state index contributed by atoms with van der Waals surface area (Å²) in [5, 5.41) is 4.64. The Labute approximate surface area is 177 Å². The van der Waals surface area contributed by atoms with E-state index in [1.807, 2.05) is 19.1 Å². The van der Waals surface area contributed by atoms with Gasteiger partial charge in [-0.2, -0.15) is 4.98 Å². The Morgan fingerprint density at radius 1 is 1.23 bits per heavy atom. The Kier molecular flexibility index (Phi) is 5.63. The molecule has 0 spiro atoms. The van der Waals surface area contributed by atoms with Gasteiger partial charge in [0.2, 0.25) is 11.7 Å². The average molecular weight is 432 g/mol. The maximum Gasteiger partial charge on any atom is 0.416 e. The zero-order valence-corrected chi connectivity index (χ0v) is 17.1. The molecule has 156 valence electrons. The largest absolute Gasteiger partial charge is 0.447 e. The van der Waals surface area contributed by atoms with E-state index in [1.54, 1.807) is 18.2 Å². The maximum atomic E-state index is 13.9. The molecule has 2 aromatic heterocycles. The molecule has 0 aliphatic carbocycles. The van der Waals surface area contributed by atoms with Gasteiger partial charge in [0.1, 0.15) is 30.5 Å². The molecule has 3 heterocycles. The smallest absolute Gasteiger partial charge is 0.416 e. The number of rotatable bonds is 6. The van der Waals surface area contributed by atoms with Gasteiger partial charge >= 0.3 is 6.09 Å². The van der Waals surface area contributed by atoms with E-state index < -0.39 is 18.3 Å². The molecule has 1 aliphatic heterocycles. The van der Waals surface area contributed by atoms with Crippen molar-refractivity contribution < 1.29 is 18.4 Å². The fourth-order valence-electron chi connectivity index (χ4n) is 3.17. The lowest BCUT2D eigenvalue weighted by Crippen LogP contribution is -2.39. The van der Waals surface area contributed by atoms with Gasteiger partial charge in [-0.15, -0.1) is 0 Å². The first-order chi connectivity index (χ1) is 14.4. The van der Waals surface area contributed by atoms with Crippen LogP contribution in [0.15, 0.2) is 41.1 Å². The molecule has 0 N–H and O–H groups in total. The van der Waals surface area contributed by atoms with Crippen molar-refractivity contribution in [2.24, 2.45) is 0 Å². The van der Waals surface area contributed by atoms with E-state index in [4.69, 9.17) is 20.9 Å². The van der Waals surface area contributed by atoms with Crippen LogP contribution in [0.2, 0.25) is 5.02 Å². The van der Waals surface area contributed by atoms with Crippen LogP contribution in [0.5, 0.6) is 0 Å². The summed E-state index contributed by atoms with van der Waals surface area (Å²) in [5.41, 5.74) is 0.791. The second kappa shape index (κ2) is 8.35. The van der Waals surface area contributed by atoms with Crippen molar-refractivity contribution in [2.75, 3.05) is 11.5 Å². The van der Waals surface area contributed by atoms with Gasteiger partial charge in [0.05, 0.1) is 0 Å². The van der Waals surface area contributed by atoms with Crippen LogP contribution in [0, 0.1) is 0 Å². The number of cyclic esters (lactones) is 1. The van der Waals surface area contributed by atoms with Crippen LogP contribution in [0.25, 0.3) is 11.4 Å². The van der Waals surface area contributed by atoms with E-state index in [0.717, 1.165) is 5.56 Å². The Hall–Kier alpha value is -3.07. The molecule has 10 heteroatoms. The number of hydrogen-bond acceptors (Lipinski definition) is 7. The molecule has 1 aliphatic rings. The van der Waals surface area contributed by atoms with Crippen LogP contribution in [-0.4, -0.2) is 45.0 Å². The molecule has 3 aromatic rings. The number of alkyl halides is 1. The molecule has 1 amide bonds. The number of benzene rings is 1. The topological polar surface area (TPSA) is 94.2 Å². The number of hydrogen-bond donors (Lipinski definition) is 0. The monoisotopic (exact) mass is 431 g/mol. The molecule has 1 saturated heterocycles. The molecular formula is C20H19ClFN5O3. The zero-order valence-electron chi connectivity index (χ0n) is 16.3. The quantitative estimate of drug-likeness (QED) is 0.577. The lowest BCUT2D eigenvalue weighted by Gasteiger charge is -2.21. The van der Waals surface area contributed by atoms with Gasteiger partial charge in [-0.3, -0.25) is 4.90 Å². The molecule has 0 saturated carbocycles. The van der Waals surface area contributed by atoms with E-state index in [0.29, 0.717) is 34.8 Å². The summed E-state index contributed by atoms with van der Waals surface area (Å²) >= 11 is 5.91. The van der Waals surface area contributed by atoms with E-state index in [-0.39, 0.29) is 12.5 Å². The predicted octanol–water partition coefficient (Wildman–Crippen LogP) is 4.21. The van der Waals surface area contributed by atoms with Crippen molar-refractivity contribution in [3.05, 3.63) is 53.3 Å². The minimum Gasteiger partial charge on any atom is -0.447 e. The SMILES string of the molecule is C[C@H](Cc1nccc(N2C(=O)OC[C@@H]2[C@@H](C)F)n1)c1nc(-c2ccc(Cl)cc2)no1. The van der Waals surface area contributed by atoms with Crippen molar-refractivity contribution in [2.45, 2.75) is 38.4 Å². The molecular weight excluding hydrogens is 413 g/mol. The summed E-state index contributed by atoms with van der Waals surface area (Å²) in [6, 6.07) is 7.98. The highest BCUT2D eigenvalue weighted by Gasteiger charge is 2.39. The number of carbonyl (C=O) groups excluding carboxylic acids is 1. The van der Waals surface area contributed by atoms with Gasteiger partial charge in [-0.1, -0.05) is 23.7 Å². The van der Waals surface area contributed by atoms with Crippen LogP contribution in [0.3, 0.4) is 0 Å². The molecule has 4 rings (SSSR count). The molecule has 0 bridgehead atoms. The molecule has 3 atom stereocenters. The summed E-state index contributed by atoms with van der Waals surface area (Å²) < 4.78 is 24.2. The van der Waals surface area contributed by atoms with Gasteiger partial charge in [0, 0.05) is 29.1 Å². The number of ether oxygens (including phenoxy) is 1. The van der Waals surface area contributed by atoms with Crippen molar-refractivity contribution in [3.63, 3.8) is 0 Å². The molecule has 30 heavy (non-hydrogen) atoms. The summed E-state index contributed by atoms with van der Waals surface area (Å²) in [7, 11) is 0. The fraction of sp³-hybridized carbons (Fsp3) is 0.350. The third-order valence-electron chi connectivity index (χ3n) is 4.83. The lowest BCUT2D eigenvalue weighted by atomic mass is 10.1. The van der Waals surface area contributed by atoms with Crippen LogP contribution < -0.4 is 4.90 Å². The highest BCUT2D eigenvalue weighted by Crippen LogP contribution is 2.26. The first kappa shape index (κ1) is 20.2. The number of anilines is 1. The van der Waals surface area contributed by atoms with Gasteiger partial charge < -0.3 is 9.26 Å². The van der Waals surface area contributed by atoms with Gasteiger partial charge in [0.15, 0.2) is 0 Å². The maximum absolute atomic E-state index is 13.9. The second-order valence-electron chi connectivity index (χ2n) is 7.09. The van der Waals surface area contributed by atoms with Gasteiger partial charge in [0.25, 0.3) is 0 Å². The van der Waals surface area contributed by atoms with Crippen molar-refractivity contribution in [1.29, 1.82) is 0 Å². The molecule has 1 fully saturated rings. The molecule has 1 aromatic carbocycles. The zero-order chi connectivity index (χ0) is 21.3. The number of aromatic nitrogens is 4. The first-order valence-corrected chi connectivity index (χ1v) is 9.81. The molecule has 0 unspecified atom stereocenters. The van der Waals surface area contributed by atoms with Crippen LogP contribution in [0.4, 0.5) is 15.0 Å². The van der Waals surface area contributed by atoms with Gasteiger partial charge in [-0.25, -0.2) is 19.2 Å². The standard InChI is InChI=1S/C20H19ClFN5O3/c1-11(19-25-18(26-30-19)13-3-5-14(21)6-4-13)9-16-23-8-7-17(24-16)27-15(12(2)22)10-29-20(27)28/h3-8,11-12,15H,9-10H2,1-2H3/t11-,12-,15-/m1/s1. The van der Waals surface area contributed by atoms with Crippen LogP contribution in [0.1, 0.15) is 31.5 Å². The lowest BCUT2D eigenvalue weighted by molar-refractivity contribution is 0.174. The fourth-order valence-corrected chi connectivity index (χ4v) is 3.30. The number of carbonyl (C=O) groups is 1. The van der Waals surface area contributed by atoms with E-state index in [9.17, 15) is 9.18 Å². The molecule has 0 radical (unpaired) electrons. The van der Waals surface area contributed by atoms with Crippen LogP contribution in [-0.2, 0) is 11.2 Å². The second-order valence-corrected chi connectivity index (χ2v) is 7.53. The highest BCUT2D eigenvalue weighted by molar-refractivity contribution is 6.30. The van der Waals surface area contributed by atoms with Crippen LogP contribution >= 0.6 is 11.6 Å². The Morgan fingerprint density at radius 2 is 2.00 bits per heavy atom. The average Bonchev–Trinajstić information content (AvgIpc) is 3.36. The minimum absolute atomic E-state index is 0.0122. The summed E-state index contributed by atoms with van der Waals surface area (Å²) in [6.07, 6.45) is 0.0581. The third-order valence-corrected chi connectivity index (χ3v) is 5.08. The first-order valence-electron chi connectivity index (χ1n) is 9.44. The van der Waals surface area contributed by atoms with E-state index in [2.05, 4.69) is 20.1 Å². The molecule has 8 nitrogen and oxygen atoms in total. The normalized spacial score (nSPS) is 18.3. The predicted molar refractivity (Wildman–Crippen MR) is 107 cm³/mol. The Bertz CT molecular complexity index is 1040. The number of amides is 1. The summed E-state index contributed by atoms with van der Waals surface area (Å²) in [4.78, 5) is 26.4. The third kappa shape index (κ3) is 4.11. The number of nitrogens with zero attached hydrogens (tertiary/aromatic N) is 5. The summed E-state index contributed by atoms with van der Waals surface area (Å²) in [5.74, 6) is 1.50. The highest BCUT2D eigenvalue weighted by atomic mass is 35.5.